The smallest absolute Gasteiger partial charge is 0.266 e. The number of hydrogen-bond donors (Lipinski definition) is 1. The number of carbonyl (C=O) groups excluding carboxylic acids is 4. The van der Waals surface area contributed by atoms with Gasteiger partial charge in [0.15, 0.2) is 0 Å². The molecule has 0 spiro atoms. The Morgan fingerprint density at radius 3 is 2.41 bits per heavy atom. The first kappa shape index (κ1) is 29.6. The molecule has 1 N–H and O–H groups in total. The molecule has 44 heavy (non-hydrogen) atoms. The van der Waals surface area contributed by atoms with Crippen LogP contribution in [0, 0.1) is 17.3 Å². The fourth-order valence-corrected chi connectivity index (χ4v) is 8.49. The van der Waals surface area contributed by atoms with Crippen LogP contribution in [0.2, 0.25) is 0 Å². The lowest BCUT2D eigenvalue weighted by molar-refractivity contribution is -0.173. The summed E-state index contributed by atoms with van der Waals surface area (Å²) in [5, 5.41) is 2.31. The van der Waals surface area contributed by atoms with Crippen molar-refractivity contribution < 1.29 is 32.7 Å². The largest absolute Gasteiger partial charge is 0.489 e. The molecule has 4 heterocycles. The van der Waals surface area contributed by atoms with Crippen molar-refractivity contribution in [1.82, 2.24) is 20.0 Å². The molecule has 1 unspecified atom stereocenters. The van der Waals surface area contributed by atoms with Gasteiger partial charge < -0.3 is 14.5 Å². The zero-order chi connectivity index (χ0) is 30.8. The third kappa shape index (κ3) is 5.18. The van der Waals surface area contributed by atoms with Gasteiger partial charge in [-0.1, -0.05) is 13.3 Å². The van der Waals surface area contributed by atoms with E-state index in [2.05, 4.69) is 12.2 Å². The minimum absolute atomic E-state index is 0.155. The second-order valence-electron chi connectivity index (χ2n) is 14.2. The highest BCUT2D eigenvalue weighted by Gasteiger charge is 2.55. The molecule has 11 heteroatoms. The van der Waals surface area contributed by atoms with E-state index in [-0.39, 0.29) is 43.0 Å². The molecule has 1 aromatic rings. The number of benzene rings is 1. The first-order valence-corrected chi connectivity index (χ1v) is 16.4. The quantitative estimate of drug-likeness (QED) is 0.492. The van der Waals surface area contributed by atoms with Gasteiger partial charge in [0, 0.05) is 56.5 Å². The molecule has 9 nitrogen and oxygen atoms in total. The zero-order valence-electron chi connectivity index (χ0n) is 25.4. The minimum Gasteiger partial charge on any atom is -0.489 e. The summed E-state index contributed by atoms with van der Waals surface area (Å²) >= 11 is 0. The molecule has 1 aromatic carbocycles. The van der Waals surface area contributed by atoms with E-state index in [0.717, 1.165) is 45.2 Å². The maximum Gasteiger partial charge on any atom is 0.266 e. The third-order valence-corrected chi connectivity index (χ3v) is 11.4. The van der Waals surface area contributed by atoms with Gasteiger partial charge in [-0.25, -0.2) is 8.78 Å². The van der Waals surface area contributed by atoms with Crippen molar-refractivity contribution >= 4 is 23.6 Å². The average molecular weight is 613 g/mol. The molecule has 6 aliphatic rings. The number of likely N-dealkylation sites (tertiary alicyclic amines) is 2. The number of alkyl halides is 2. The number of halogens is 2. The van der Waals surface area contributed by atoms with Gasteiger partial charge >= 0.3 is 0 Å². The van der Waals surface area contributed by atoms with E-state index in [1.165, 1.54) is 4.90 Å². The zero-order valence-corrected chi connectivity index (χ0v) is 25.4. The van der Waals surface area contributed by atoms with Gasteiger partial charge in [0.25, 0.3) is 11.8 Å². The van der Waals surface area contributed by atoms with Gasteiger partial charge in [0.1, 0.15) is 23.9 Å². The average Bonchev–Trinajstić information content (AvgIpc) is 3.27. The van der Waals surface area contributed by atoms with Gasteiger partial charge in [-0.15, -0.1) is 0 Å². The second-order valence-corrected chi connectivity index (χ2v) is 14.2. The summed E-state index contributed by atoms with van der Waals surface area (Å²) in [6, 6.07) is 3.32. The number of nitrogens with zero attached hydrogens (tertiary/aromatic N) is 3. The second kappa shape index (κ2) is 11.1. The summed E-state index contributed by atoms with van der Waals surface area (Å²) in [6.45, 7) is 5.06. The van der Waals surface area contributed by atoms with Crippen LogP contribution in [0.15, 0.2) is 18.2 Å². The van der Waals surface area contributed by atoms with Crippen LogP contribution in [0.4, 0.5) is 8.78 Å². The maximum absolute atomic E-state index is 15.5. The summed E-state index contributed by atoms with van der Waals surface area (Å²) in [4.78, 5) is 55.4. The number of rotatable bonds is 6. The van der Waals surface area contributed by atoms with Crippen LogP contribution in [0.5, 0.6) is 5.75 Å². The number of nitrogens with one attached hydrogen (secondary N) is 1. The predicted octanol–water partition coefficient (Wildman–Crippen LogP) is 3.74. The van der Waals surface area contributed by atoms with Crippen LogP contribution < -0.4 is 10.1 Å². The molecule has 2 aliphatic carbocycles. The Balaban J connectivity index is 0.974. The highest BCUT2D eigenvalue weighted by atomic mass is 19.3. The van der Waals surface area contributed by atoms with Crippen LogP contribution >= 0.6 is 0 Å². The number of amides is 4. The lowest BCUT2D eigenvalue weighted by Gasteiger charge is -2.53. The van der Waals surface area contributed by atoms with E-state index < -0.39 is 30.0 Å². The first-order valence-electron chi connectivity index (χ1n) is 16.4. The fraction of sp³-hybridized carbons (Fsp3) is 0.697. The third-order valence-electron chi connectivity index (χ3n) is 11.4. The molecule has 0 aromatic heterocycles. The van der Waals surface area contributed by atoms with Crippen molar-refractivity contribution in [3.05, 3.63) is 29.3 Å². The summed E-state index contributed by atoms with van der Waals surface area (Å²) < 4.78 is 37.2. The van der Waals surface area contributed by atoms with E-state index in [0.29, 0.717) is 60.6 Å². The molecule has 3 atom stereocenters. The summed E-state index contributed by atoms with van der Waals surface area (Å²) in [7, 11) is 0. The number of hydrogen-bond acceptors (Lipinski definition) is 6. The monoisotopic (exact) mass is 612 g/mol. The van der Waals surface area contributed by atoms with E-state index >= 15 is 8.78 Å². The number of piperidine rings is 2. The number of imide groups is 1. The standard InChI is InChI=1S/C33H42F2N4O5/c1-32(11-3-12-32)31(43)37-14-9-20(10-15-37)22-17-38(18-22)28-26(4-2-13-33(28,34)35)44-23-5-6-24-21(16-23)19-39(30(24)42)25-7-8-27(40)36-29(25)41/h5-6,16,20,22,25-26,28H,2-4,7-15,17-19H2,1H3,(H,36,40,41)/t25?,26-,28-/m0/s1. The summed E-state index contributed by atoms with van der Waals surface area (Å²) in [5.41, 5.74) is 0.979. The Hall–Kier alpha value is -3.08. The fourth-order valence-electron chi connectivity index (χ4n) is 8.49. The Kier molecular flexibility index (Phi) is 7.45. The number of ether oxygens (including phenoxy) is 1. The van der Waals surface area contributed by atoms with Gasteiger partial charge in [0.2, 0.25) is 17.7 Å². The van der Waals surface area contributed by atoms with Crippen LogP contribution in [0.25, 0.3) is 0 Å². The Labute approximate surface area is 256 Å². The van der Waals surface area contributed by atoms with Gasteiger partial charge in [-0.3, -0.25) is 29.4 Å². The molecule has 2 saturated carbocycles. The normalized spacial score (nSPS) is 30.8. The Bertz CT molecular complexity index is 1350. The lowest BCUT2D eigenvalue weighted by Crippen LogP contribution is -2.66. The van der Waals surface area contributed by atoms with Gasteiger partial charge in [0.05, 0.1) is 0 Å². The number of fused-ring (bicyclic) bond motifs is 1. The van der Waals surface area contributed by atoms with E-state index in [1.54, 1.807) is 18.2 Å². The number of carbonyl (C=O) groups is 4. The van der Waals surface area contributed by atoms with E-state index in [4.69, 9.17) is 4.74 Å². The molecule has 238 valence electrons. The molecule has 0 radical (unpaired) electrons. The van der Waals surface area contributed by atoms with Crippen LogP contribution in [0.1, 0.15) is 87.1 Å². The SMILES string of the molecule is CC1(C(=O)N2CCC(C3CN([C@H]4[C@@H](Oc5ccc6c(c5)CN(C5CCC(=O)NC5=O)C6=O)CCCC4(F)F)C3)CC2)CCC1. The summed E-state index contributed by atoms with van der Waals surface area (Å²) in [6.07, 6.45) is 5.49. The molecule has 3 saturated heterocycles. The molecule has 4 amide bonds. The van der Waals surface area contributed by atoms with Crippen molar-refractivity contribution in [1.29, 1.82) is 0 Å². The molecular weight excluding hydrogens is 570 g/mol. The molecular formula is C33H42F2N4O5. The van der Waals surface area contributed by atoms with E-state index in [1.807, 2.05) is 9.80 Å². The molecule has 4 aliphatic heterocycles. The molecule has 5 fully saturated rings. The topological polar surface area (TPSA) is 99.3 Å². The van der Waals surface area contributed by atoms with Crippen molar-refractivity contribution in [3.63, 3.8) is 0 Å². The maximum atomic E-state index is 15.5. The molecule has 0 bridgehead atoms. The van der Waals surface area contributed by atoms with Crippen LogP contribution in [-0.2, 0) is 20.9 Å². The first-order chi connectivity index (χ1) is 21.0. The van der Waals surface area contributed by atoms with Crippen molar-refractivity contribution in [2.45, 2.75) is 102 Å². The lowest BCUT2D eigenvalue weighted by atomic mass is 9.69. The van der Waals surface area contributed by atoms with E-state index in [9.17, 15) is 19.2 Å². The summed E-state index contributed by atoms with van der Waals surface area (Å²) in [5.74, 6) is -2.41. The molecule has 7 rings (SSSR count). The van der Waals surface area contributed by atoms with Gasteiger partial charge in [-0.2, -0.15) is 0 Å². The Morgan fingerprint density at radius 2 is 1.73 bits per heavy atom. The predicted molar refractivity (Wildman–Crippen MR) is 156 cm³/mol. The van der Waals surface area contributed by atoms with Crippen LogP contribution in [-0.4, -0.2) is 88.6 Å². The van der Waals surface area contributed by atoms with Gasteiger partial charge in [-0.05, 0) is 80.5 Å². The van der Waals surface area contributed by atoms with Crippen molar-refractivity contribution in [2.24, 2.45) is 17.3 Å². The highest BCUT2D eigenvalue weighted by molar-refractivity contribution is 6.05. The minimum atomic E-state index is -2.86. The highest BCUT2D eigenvalue weighted by Crippen LogP contribution is 2.45. The van der Waals surface area contributed by atoms with Crippen LogP contribution in [0.3, 0.4) is 0 Å². The van der Waals surface area contributed by atoms with Crippen molar-refractivity contribution in [3.8, 4) is 5.75 Å². The Morgan fingerprint density at radius 1 is 0.977 bits per heavy atom. The van der Waals surface area contributed by atoms with Crippen molar-refractivity contribution in [2.75, 3.05) is 26.2 Å².